The molecule has 3 nitrogen and oxygen atoms in total. The van der Waals surface area contributed by atoms with Crippen molar-refractivity contribution in [1.82, 2.24) is 0 Å². The van der Waals surface area contributed by atoms with Crippen LogP contribution in [-0.4, -0.2) is 25.4 Å². The van der Waals surface area contributed by atoms with Crippen LogP contribution >= 0.6 is 0 Å². The molecule has 0 spiro atoms. The highest BCUT2D eigenvalue weighted by Gasteiger charge is 2.41. The fraction of sp³-hybridized carbons (Fsp3) is 0.500. The molecule has 0 bridgehead atoms. The van der Waals surface area contributed by atoms with Gasteiger partial charge >= 0.3 is 6.18 Å². The van der Waals surface area contributed by atoms with E-state index in [1.807, 2.05) is 0 Å². The van der Waals surface area contributed by atoms with Gasteiger partial charge in [0.2, 0.25) is 0 Å². The summed E-state index contributed by atoms with van der Waals surface area (Å²) in [6.07, 6.45) is -6.65. The summed E-state index contributed by atoms with van der Waals surface area (Å²) in [4.78, 5) is 0. The van der Waals surface area contributed by atoms with E-state index in [9.17, 15) is 13.2 Å². The minimum Gasteiger partial charge on any atom is -0.490 e. The summed E-state index contributed by atoms with van der Waals surface area (Å²) < 4.78 is 48.2. The monoisotopic (exact) mass is 263 g/mol. The quantitative estimate of drug-likeness (QED) is 0.858. The van der Waals surface area contributed by atoms with Crippen LogP contribution in [0.2, 0.25) is 0 Å². The lowest BCUT2D eigenvalue weighted by molar-refractivity contribution is -0.196. The molecule has 0 saturated heterocycles. The van der Waals surface area contributed by atoms with Crippen LogP contribution in [-0.2, 0) is 0 Å². The third kappa shape index (κ3) is 4.10. The largest absolute Gasteiger partial charge is 0.490 e. The van der Waals surface area contributed by atoms with Gasteiger partial charge in [0.1, 0.15) is 0 Å². The molecule has 0 aromatic heterocycles. The van der Waals surface area contributed by atoms with Crippen molar-refractivity contribution in [3.05, 3.63) is 24.3 Å². The average Bonchev–Trinajstić information content (AvgIpc) is 2.30. The number of hydrogen-bond donors (Lipinski definition) is 1. The normalized spacial score (nSPS) is 13.2. The van der Waals surface area contributed by atoms with Gasteiger partial charge in [0.25, 0.3) is 0 Å². The Bertz CT molecular complexity index is 369. The number of ether oxygens (including phenoxy) is 2. The van der Waals surface area contributed by atoms with Gasteiger partial charge in [0, 0.05) is 6.42 Å². The van der Waals surface area contributed by atoms with E-state index in [0.29, 0.717) is 12.4 Å². The lowest BCUT2D eigenvalue weighted by Crippen LogP contribution is -2.36. The van der Waals surface area contributed by atoms with E-state index in [1.165, 1.54) is 6.07 Å². The van der Waals surface area contributed by atoms with Crippen LogP contribution in [0, 0.1) is 0 Å². The smallest absolute Gasteiger partial charge is 0.425 e. The summed E-state index contributed by atoms with van der Waals surface area (Å²) in [6, 6.07) is 6.27. The van der Waals surface area contributed by atoms with Gasteiger partial charge in [-0.3, -0.25) is 0 Å². The van der Waals surface area contributed by atoms with Crippen molar-refractivity contribution in [1.29, 1.82) is 0 Å². The standard InChI is InChI=1S/C12H16F3NO2/c1-2-17-9-5-3-4-6-10(9)18-11(7-8-16)12(13,14)15/h3-6,11H,2,7-8,16H2,1H3. The van der Waals surface area contributed by atoms with Gasteiger partial charge in [-0.1, -0.05) is 12.1 Å². The van der Waals surface area contributed by atoms with Gasteiger partial charge < -0.3 is 15.2 Å². The number of halogens is 3. The summed E-state index contributed by atoms with van der Waals surface area (Å²) in [7, 11) is 0. The first-order chi connectivity index (χ1) is 8.49. The van der Waals surface area contributed by atoms with Crippen LogP contribution in [0.3, 0.4) is 0 Å². The second-order valence-electron chi connectivity index (χ2n) is 3.61. The van der Waals surface area contributed by atoms with Gasteiger partial charge in [-0.25, -0.2) is 0 Å². The molecule has 0 aliphatic rings. The number of hydrogen-bond acceptors (Lipinski definition) is 3. The molecule has 1 aromatic carbocycles. The van der Waals surface area contributed by atoms with E-state index in [1.54, 1.807) is 25.1 Å². The second kappa shape index (κ2) is 6.49. The highest BCUT2D eigenvalue weighted by atomic mass is 19.4. The first kappa shape index (κ1) is 14.6. The zero-order valence-electron chi connectivity index (χ0n) is 10.0. The van der Waals surface area contributed by atoms with E-state index in [0.717, 1.165) is 0 Å². The molecule has 0 aliphatic heterocycles. The van der Waals surface area contributed by atoms with Crippen molar-refractivity contribution in [3.63, 3.8) is 0 Å². The second-order valence-corrected chi connectivity index (χ2v) is 3.61. The van der Waals surface area contributed by atoms with E-state index < -0.39 is 12.3 Å². The molecule has 1 unspecified atom stereocenters. The third-order valence-electron chi connectivity index (χ3n) is 2.21. The highest BCUT2D eigenvalue weighted by Crippen LogP contribution is 2.32. The molecule has 2 N–H and O–H groups in total. The molecule has 18 heavy (non-hydrogen) atoms. The first-order valence-electron chi connectivity index (χ1n) is 5.64. The zero-order valence-corrected chi connectivity index (χ0v) is 10.0. The van der Waals surface area contributed by atoms with Crippen molar-refractivity contribution in [2.24, 2.45) is 5.73 Å². The molecule has 1 rings (SSSR count). The van der Waals surface area contributed by atoms with Crippen LogP contribution < -0.4 is 15.2 Å². The SMILES string of the molecule is CCOc1ccccc1OC(CCN)C(F)(F)F. The molecule has 0 amide bonds. The number of rotatable bonds is 6. The Hall–Kier alpha value is -1.43. The Kier molecular flexibility index (Phi) is 5.27. The van der Waals surface area contributed by atoms with Gasteiger partial charge in [0.05, 0.1) is 6.61 Å². The Morgan fingerprint density at radius 3 is 2.33 bits per heavy atom. The maximum atomic E-state index is 12.7. The number of benzene rings is 1. The van der Waals surface area contributed by atoms with Gasteiger partial charge in [0.15, 0.2) is 17.6 Å². The molecule has 1 aromatic rings. The van der Waals surface area contributed by atoms with Crippen LogP contribution in [0.1, 0.15) is 13.3 Å². The Labute approximate surface area is 104 Å². The lowest BCUT2D eigenvalue weighted by Gasteiger charge is -2.22. The summed E-state index contributed by atoms with van der Waals surface area (Å²) >= 11 is 0. The van der Waals surface area contributed by atoms with Crippen LogP contribution in [0.25, 0.3) is 0 Å². The number of para-hydroxylation sites is 2. The fourth-order valence-electron chi connectivity index (χ4n) is 1.42. The Morgan fingerprint density at radius 2 is 1.83 bits per heavy atom. The van der Waals surface area contributed by atoms with Gasteiger partial charge in [-0.2, -0.15) is 13.2 Å². The molecule has 0 fully saturated rings. The summed E-state index contributed by atoms with van der Waals surface area (Å²) in [5.74, 6) is 0.376. The first-order valence-corrected chi connectivity index (χ1v) is 5.64. The highest BCUT2D eigenvalue weighted by molar-refractivity contribution is 5.39. The molecular weight excluding hydrogens is 247 g/mol. The molecule has 102 valence electrons. The van der Waals surface area contributed by atoms with Crippen molar-refractivity contribution < 1.29 is 22.6 Å². The van der Waals surface area contributed by atoms with E-state index in [2.05, 4.69) is 0 Å². The number of alkyl halides is 3. The summed E-state index contributed by atoms with van der Waals surface area (Å²) in [5, 5.41) is 0. The van der Waals surface area contributed by atoms with Crippen molar-refractivity contribution in [2.75, 3.05) is 13.2 Å². The topological polar surface area (TPSA) is 44.5 Å². The van der Waals surface area contributed by atoms with E-state index >= 15 is 0 Å². The van der Waals surface area contributed by atoms with Crippen LogP contribution in [0.5, 0.6) is 11.5 Å². The third-order valence-corrected chi connectivity index (χ3v) is 2.21. The van der Waals surface area contributed by atoms with Crippen molar-refractivity contribution >= 4 is 0 Å². The maximum absolute atomic E-state index is 12.7. The van der Waals surface area contributed by atoms with Gasteiger partial charge in [-0.15, -0.1) is 0 Å². The Balaban J connectivity index is 2.86. The lowest BCUT2D eigenvalue weighted by atomic mass is 10.2. The predicted octanol–water partition coefficient (Wildman–Crippen LogP) is 2.74. The molecule has 0 saturated carbocycles. The molecule has 6 heteroatoms. The maximum Gasteiger partial charge on any atom is 0.425 e. The fourth-order valence-corrected chi connectivity index (χ4v) is 1.42. The van der Waals surface area contributed by atoms with Crippen molar-refractivity contribution in [3.8, 4) is 11.5 Å². The van der Waals surface area contributed by atoms with E-state index in [-0.39, 0.29) is 18.7 Å². The van der Waals surface area contributed by atoms with Gasteiger partial charge in [-0.05, 0) is 25.6 Å². The Morgan fingerprint density at radius 1 is 1.22 bits per heavy atom. The minimum atomic E-state index is -4.45. The summed E-state index contributed by atoms with van der Waals surface area (Å²) in [5.41, 5.74) is 5.17. The average molecular weight is 263 g/mol. The van der Waals surface area contributed by atoms with Crippen LogP contribution in [0.15, 0.2) is 24.3 Å². The van der Waals surface area contributed by atoms with Crippen LogP contribution in [0.4, 0.5) is 13.2 Å². The predicted molar refractivity (Wildman–Crippen MR) is 61.8 cm³/mol. The van der Waals surface area contributed by atoms with E-state index in [4.69, 9.17) is 15.2 Å². The number of nitrogens with two attached hydrogens (primary N) is 1. The molecule has 0 aliphatic carbocycles. The molecule has 0 heterocycles. The minimum absolute atomic E-state index is 0.0788. The summed E-state index contributed by atoms with van der Waals surface area (Å²) in [6.45, 7) is 2.01. The zero-order chi connectivity index (χ0) is 13.6. The molecule has 1 atom stereocenters. The van der Waals surface area contributed by atoms with Crippen molar-refractivity contribution in [2.45, 2.75) is 25.6 Å². The molecule has 0 radical (unpaired) electrons. The molecular formula is C12H16F3NO2.